The molecular formula is C11H12Br2O. The monoisotopic (exact) mass is 318 g/mol. The van der Waals surface area contributed by atoms with Crippen molar-refractivity contribution >= 4 is 37.6 Å². The van der Waals surface area contributed by atoms with Crippen LogP contribution in [0.15, 0.2) is 22.7 Å². The van der Waals surface area contributed by atoms with E-state index in [9.17, 15) is 4.79 Å². The first kappa shape index (κ1) is 11.9. The Morgan fingerprint density at radius 2 is 2.14 bits per heavy atom. The molecule has 0 bridgehead atoms. The Hall–Kier alpha value is -0.150. The number of hydrogen-bond acceptors (Lipinski definition) is 1. The number of carbonyl (C=O) groups excluding carboxylic acids is 1. The second-order valence-electron chi connectivity index (χ2n) is 3.02. The highest BCUT2D eigenvalue weighted by molar-refractivity contribution is 9.10. The molecule has 0 saturated carbocycles. The average Bonchev–Trinajstić information content (AvgIpc) is 2.18. The molecular weight excluding hydrogens is 308 g/mol. The summed E-state index contributed by atoms with van der Waals surface area (Å²) < 4.78 is 1.03. The molecule has 0 spiro atoms. The lowest BCUT2D eigenvalue weighted by atomic mass is 10.1. The van der Waals surface area contributed by atoms with E-state index in [1.54, 1.807) is 0 Å². The van der Waals surface area contributed by atoms with Crippen LogP contribution in [0.2, 0.25) is 0 Å². The van der Waals surface area contributed by atoms with E-state index >= 15 is 0 Å². The van der Waals surface area contributed by atoms with E-state index in [2.05, 4.69) is 38.8 Å². The van der Waals surface area contributed by atoms with Crippen LogP contribution in [0.1, 0.15) is 29.3 Å². The summed E-state index contributed by atoms with van der Waals surface area (Å²) >= 11 is 6.72. The van der Waals surface area contributed by atoms with Crippen molar-refractivity contribution in [3.05, 3.63) is 33.8 Å². The molecule has 0 fully saturated rings. The van der Waals surface area contributed by atoms with E-state index in [1.807, 2.05) is 18.2 Å². The van der Waals surface area contributed by atoms with Crippen molar-refractivity contribution in [1.29, 1.82) is 0 Å². The van der Waals surface area contributed by atoms with Crippen molar-refractivity contribution in [2.24, 2.45) is 0 Å². The van der Waals surface area contributed by atoms with Crippen molar-refractivity contribution in [2.75, 3.05) is 5.33 Å². The van der Waals surface area contributed by atoms with Gasteiger partial charge in [-0.2, -0.15) is 0 Å². The van der Waals surface area contributed by atoms with E-state index in [0.717, 1.165) is 21.8 Å². The summed E-state index contributed by atoms with van der Waals surface area (Å²) in [5.41, 5.74) is 2.02. The van der Waals surface area contributed by atoms with Crippen LogP contribution in [0, 0.1) is 0 Å². The molecule has 1 rings (SSSR count). The first-order valence-electron chi connectivity index (χ1n) is 4.56. The van der Waals surface area contributed by atoms with Crippen LogP contribution in [0.3, 0.4) is 0 Å². The van der Waals surface area contributed by atoms with E-state index in [4.69, 9.17) is 0 Å². The highest BCUT2D eigenvalue weighted by Crippen LogP contribution is 2.20. The fraction of sp³-hybridized carbons (Fsp3) is 0.364. The maximum atomic E-state index is 11.5. The van der Waals surface area contributed by atoms with Crippen molar-refractivity contribution in [2.45, 2.75) is 19.8 Å². The number of ketones is 1. The Morgan fingerprint density at radius 3 is 2.64 bits per heavy atom. The zero-order valence-corrected chi connectivity index (χ0v) is 11.2. The Kier molecular flexibility index (Phi) is 4.82. The maximum absolute atomic E-state index is 11.5. The Morgan fingerprint density at radius 1 is 1.43 bits per heavy atom. The molecule has 0 saturated heterocycles. The third kappa shape index (κ3) is 2.92. The summed E-state index contributed by atoms with van der Waals surface area (Å²) in [6, 6.07) is 5.81. The summed E-state index contributed by atoms with van der Waals surface area (Å²) in [4.78, 5) is 11.5. The zero-order valence-electron chi connectivity index (χ0n) is 8.02. The molecule has 0 amide bonds. The number of carbonyl (C=O) groups is 1. The van der Waals surface area contributed by atoms with Crippen LogP contribution >= 0.6 is 31.9 Å². The lowest BCUT2D eigenvalue weighted by Crippen LogP contribution is -2.00. The average molecular weight is 320 g/mol. The van der Waals surface area contributed by atoms with Gasteiger partial charge < -0.3 is 0 Å². The number of aryl methyl sites for hydroxylation is 1. The number of hydrogen-bond donors (Lipinski definition) is 0. The van der Waals surface area contributed by atoms with Crippen molar-refractivity contribution < 1.29 is 4.79 Å². The van der Waals surface area contributed by atoms with Crippen molar-refractivity contribution in [3.63, 3.8) is 0 Å². The SMILES string of the molecule is CCc1ccc(C(=O)CCBr)cc1Br. The smallest absolute Gasteiger partial charge is 0.163 e. The first-order valence-corrected chi connectivity index (χ1v) is 6.48. The summed E-state index contributed by atoms with van der Waals surface area (Å²) in [6.45, 7) is 2.10. The van der Waals surface area contributed by atoms with Gasteiger partial charge in [0.25, 0.3) is 0 Å². The second kappa shape index (κ2) is 5.66. The molecule has 1 nitrogen and oxygen atoms in total. The minimum atomic E-state index is 0.185. The molecule has 76 valence electrons. The third-order valence-electron chi connectivity index (χ3n) is 2.08. The molecule has 1 aromatic carbocycles. The summed E-state index contributed by atoms with van der Waals surface area (Å²) in [7, 11) is 0. The number of halogens is 2. The van der Waals surface area contributed by atoms with Gasteiger partial charge in [0.05, 0.1) is 0 Å². The topological polar surface area (TPSA) is 17.1 Å². The molecule has 0 aliphatic rings. The Bertz CT molecular complexity index is 334. The molecule has 3 heteroatoms. The second-order valence-corrected chi connectivity index (χ2v) is 4.67. The number of rotatable bonds is 4. The maximum Gasteiger partial charge on any atom is 0.163 e. The fourth-order valence-electron chi connectivity index (χ4n) is 1.24. The fourth-order valence-corrected chi connectivity index (χ4v) is 2.26. The molecule has 14 heavy (non-hydrogen) atoms. The third-order valence-corrected chi connectivity index (χ3v) is 3.21. The summed E-state index contributed by atoms with van der Waals surface area (Å²) in [6.07, 6.45) is 1.53. The van der Waals surface area contributed by atoms with Crippen LogP contribution < -0.4 is 0 Å². The molecule has 0 atom stereocenters. The van der Waals surface area contributed by atoms with E-state index in [1.165, 1.54) is 5.56 Å². The van der Waals surface area contributed by atoms with E-state index < -0.39 is 0 Å². The van der Waals surface area contributed by atoms with Gasteiger partial charge in [0.2, 0.25) is 0 Å². The van der Waals surface area contributed by atoms with Gasteiger partial charge in [-0.25, -0.2) is 0 Å². The van der Waals surface area contributed by atoms with Gasteiger partial charge in [-0.1, -0.05) is 50.9 Å². The molecule has 0 radical (unpaired) electrons. The zero-order chi connectivity index (χ0) is 10.6. The highest BCUT2D eigenvalue weighted by Gasteiger charge is 2.06. The van der Waals surface area contributed by atoms with E-state index in [-0.39, 0.29) is 5.78 Å². The van der Waals surface area contributed by atoms with Gasteiger partial charge in [0.15, 0.2) is 5.78 Å². The van der Waals surface area contributed by atoms with Crippen LogP contribution in [0.5, 0.6) is 0 Å². The summed E-state index contributed by atoms with van der Waals surface area (Å²) in [5.74, 6) is 0.185. The molecule has 1 aromatic rings. The predicted octanol–water partition coefficient (Wildman–Crippen LogP) is 3.98. The van der Waals surface area contributed by atoms with Gasteiger partial charge in [-0.05, 0) is 18.1 Å². The van der Waals surface area contributed by atoms with Gasteiger partial charge in [0, 0.05) is 21.8 Å². The van der Waals surface area contributed by atoms with Crippen LogP contribution in [-0.2, 0) is 6.42 Å². The molecule has 0 aliphatic carbocycles. The lowest BCUT2D eigenvalue weighted by Gasteiger charge is -2.04. The highest BCUT2D eigenvalue weighted by atomic mass is 79.9. The van der Waals surface area contributed by atoms with Crippen molar-refractivity contribution in [3.8, 4) is 0 Å². The largest absolute Gasteiger partial charge is 0.294 e. The summed E-state index contributed by atoms with van der Waals surface area (Å²) in [5, 5.41) is 0.721. The number of alkyl halides is 1. The van der Waals surface area contributed by atoms with Crippen LogP contribution in [0.4, 0.5) is 0 Å². The quantitative estimate of drug-likeness (QED) is 0.606. The van der Waals surface area contributed by atoms with Gasteiger partial charge in [-0.3, -0.25) is 4.79 Å². The van der Waals surface area contributed by atoms with Gasteiger partial charge in [-0.15, -0.1) is 0 Å². The molecule has 0 unspecified atom stereocenters. The molecule has 0 aliphatic heterocycles. The van der Waals surface area contributed by atoms with E-state index in [0.29, 0.717) is 6.42 Å². The standard InChI is InChI=1S/C11H12Br2O/c1-2-8-3-4-9(7-10(8)13)11(14)5-6-12/h3-4,7H,2,5-6H2,1H3. The number of benzene rings is 1. The Labute approximate surface area is 101 Å². The van der Waals surface area contributed by atoms with Crippen molar-refractivity contribution in [1.82, 2.24) is 0 Å². The predicted molar refractivity (Wildman–Crippen MR) is 66.3 cm³/mol. The van der Waals surface area contributed by atoms with Crippen LogP contribution in [-0.4, -0.2) is 11.1 Å². The first-order chi connectivity index (χ1) is 6.69. The lowest BCUT2D eigenvalue weighted by molar-refractivity contribution is 0.0990. The Balaban J connectivity index is 2.91. The van der Waals surface area contributed by atoms with Gasteiger partial charge >= 0.3 is 0 Å². The molecule has 0 aromatic heterocycles. The number of Topliss-reactive ketones (excluding diaryl/α,β-unsaturated/α-hetero) is 1. The normalized spacial score (nSPS) is 10.2. The van der Waals surface area contributed by atoms with Gasteiger partial charge in [0.1, 0.15) is 0 Å². The minimum absolute atomic E-state index is 0.185. The molecule has 0 N–H and O–H groups in total. The minimum Gasteiger partial charge on any atom is -0.294 e. The molecule has 0 heterocycles. The van der Waals surface area contributed by atoms with Crippen LogP contribution in [0.25, 0.3) is 0 Å².